The summed E-state index contributed by atoms with van der Waals surface area (Å²) in [7, 11) is 1.52. The second kappa shape index (κ2) is 7.11. The number of hydrogen-bond acceptors (Lipinski definition) is 3. The van der Waals surface area contributed by atoms with Gasteiger partial charge in [0.1, 0.15) is 0 Å². The molecule has 0 aliphatic carbocycles. The van der Waals surface area contributed by atoms with Crippen LogP contribution in [0.5, 0.6) is 0 Å². The molecule has 4 nitrogen and oxygen atoms in total. The largest absolute Gasteiger partial charge is 0.336 e. The first-order chi connectivity index (χ1) is 9.59. The second-order valence-corrected chi connectivity index (χ2v) is 8.46. The van der Waals surface area contributed by atoms with Gasteiger partial charge in [-0.2, -0.15) is 0 Å². The van der Waals surface area contributed by atoms with Gasteiger partial charge in [-0.15, -0.1) is 0 Å². The first-order valence-electron chi connectivity index (χ1n) is 6.65. The Balaban J connectivity index is 3.38. The molecule has 0 aromatic heterocycles. The predicted octanol–water partition coefficient (Wildman–Crippen LogP) is 3.95. The van der Waals surface area contributed by atoms with Crippen LogP contribution in [0, 0.1) is 6.92 Å². The van der Waals surface area contributed by atoms with E-state index in [0.29, 0.717) is 22.1 Å². The zero-order valence-corrected chi connectivity index (χ0v) is 15.6. The topological polar surface area (TPSA) is 54.5 Å². The van der Waals surface area contributed by atoms with E-state index < -0.39 is 9.05 Å². The van der Waals surface area contributed by atoms with Gasteiger partial charge in [-0.3, -0.25) is 4.79 Å². The van der Waals surface area contributed by atoms with Crippen molar-refractivity contribution in [3.63, 3.8) is 0 Å². The van der Waals surface area contributed by atoms with Crippen molar-refractivity contribution in [2.24, 2.45) is 0 Å². The van der Waals surface area contributed by atoms with Crippen molar-refractivity contribution in [2.45, 2.75) is 45.1 Å². The summed E-state index contributed by atoms with van der Waals surface area (Å²) in [4.78, 5) is 14.2. The minimum Gasteiger partial charge on any atom is -0.336 e. The van der Waals surface area contributed by atoms with E-state index in [1.54, 1.807) is 17.9 Å². The number of halogens is 2. The van der Waals surface area contributed by atoms with Crippen molar-refractivity contribution >= 4 is 41.6 Å². The van der Waals surface area contributed by atoms with Crippen LogP contribution in [-0.2, 0) is 9.05 Å². The molecule has 0 aliphatic rings. The highest BCUT2D eigenvalue weighted by atomic mass is 79.9. The van der Waals surface area contributed by atoms with E-state index in [4.69, 9.17) is 10.7 Å². The molecule has 0 spiro atoms. The van der Waals surface area contributed by atoms with Crippen molar-refractivity contribution in [1.29, 1.82) is 0 Å². The van der Waals surface area contributed by atoms with E-state index in [-0.39, 0.29) is 16.8 Å². The Morgan fingerprint density at radius 2 is 1.95 bits per heavy atom. The average molecular weight is 397 g/mol. The molecular weight excluding hydrogens is 378 g/mol. The summed E-state index contributed by atoms with van der Waals surface area (Å²) >= 11 is 3.21. The van der Waals surface area contributed by atoms with Crippen LogP contribution in [0.25, 0.3) is 0 Å². The number of rotatable bonds is 5. The lowest BCUT2D eigenvalue weighted by atomic mass is 10.1. The lowest BCUT2D eigenvalue weighted by molar-refractivity contribution is 0.0705. The van der Waals surface area contributed by atoms with Gasteiger partial charge in [0, 0.05) is 33.3 Å². The van der Waals surface area contributed by atoms with Crippen LogP contribution in [0.1, 0.15) is 43.1 Å². The van der Waals surface area contributed by atoms with E-state index in [0.717, 1.165) is 6.42 Å². The molecule has 7 heteroatoms. The molecule has 1 aromatic rings. The lowest BCUT2D eigenvalue weighted by Crippen LogP contribution is -2.37. The third-order valence-electron chi connectivity index (χ3n) is 3.08. The molecule has 0 saturated heterocycles. The van der Waals surface area contributed by atoms with Gasteiger partial charge in [0.15, 0.2) is 0 Å². The van der Waals surface area contributed by atoms with Crippen molar-refractivity contribution in [3.05, 3.63) is 27.7 Å². The Labute approximate surface area is 139 Å². The lowest BCUT2D eigenvalue weighted by Gasteiger charge is -2.26. The summed E-state index contributed by atoms with van der Waals surface area (Å²) in [6, 6.07) is 3.04. The third kappa shape index (κ3) is 4.44. The fourth-order valence-corrected chi connectivity index (χ4v) is 4.19. The van der Waals surface area contributed by atoms with Crippen LogP contribution in [0.2, 0.25) is 0 Å². The molecule has 21 heavy (non-hydrogen) atoms. The summed E-state index contributed by atoms with van der Waals surface area (Å²) < 4.78 is 23.6. The Kier molecular flexibility index (Phi) is 6.25. The maximum Gasteiger partial charge on any atom is 0.262 e. The summed E-state index contributed by atoms with van der Waals surface area (Å²) in [6.07, 6.45) is 0.833. The number of carbonyl (C=O) groups is 1. The minimum absolute atomic E-state index is 0.0393. The molecule has 0 fully saturated rings. The van der Waals surface area contributed by atoms with Crippen molar-refractivity contribution in [2.75, 3.05) is 6.54 Å². The van der Waals surface area contributed by atoms with Gasteiger partial charge >= 0.3 is 0 Å². The number of carbonyl (C=O) groups excluding carboxylic acids is 1. The highest BCUT2D eigenvalue weighted by molar-refractivity contribution is 9.10. The van der Waals surface area contributed by atoms with Crippen LogP contribution >= 0.6 is 26.6 Å². The molecule has 1 rings (SSSR count). The van der Waals surface area contributed by atoms with Gasteiger partial charge in [-0.25, -0.2) is 8.42 Å². The highest BCUT2D eigenvalue weighted by Gasteiger charge is 2.23. The maximum absolute atomic E-state index is 12.6. The zero-order valence-electron chi connectivity index (χ0n) is 12.5. The second-order valence-electron chi connectivity index (χ2n) is 5.14. The van der Waals surface area contributed by atoms with Crippen molar-refractivity contribution in [3.8, 4) is 0 Å². The molecule has 0 radical (unpaired) electrons. The number of nitrogens with zero attached hydrogens (tertiary/aromatic N) is 1. The van der Waals surface area contributed by atoms with E-state index in [2.05, 4.69) is 15.9 Å². The smallest absolute Gasteiger partial charge is 0.262 e. The zero-order chi connectivity index (χ0) is 16.4. The summed E-state index contributed by atoms with van der Waals surface area (Å²) in [5, 5.41) is 0. The molecule has 0 heterocycles. The van der Waals surface area contributed by atoms with E-state index in [1.807, 2.05) is 20.8 Å². The first-order valence-corrected chi connectivity index (χ1v) is 9.75. The predicted molar refractivity (Wildman–Crippen MR) is 88.4 cm³/mol. The van der Waals surface area contributed by atoms with E-state index in [9.17, 15) is 13.2 Å². The van der Waals surface area contributed by atoms with Crippen LogP contribution in [-0.4, -0.2) is 31.8 Å². The third-order valence-corrected chi connectivity index (χ3v) is 5.74. The fraction of sp³-hybridized carbons (Fsp3) is 0.500. The van der Waals surface area contributed by atoms with E-state index in [1.165, 1.54) is 6.07 Å². The molecule has 0 saturated carbocycles. The van der Waals surface area contributed by atoms with Gasteiger partial charge in [0.25, 0.3) is 15.0 Å². The summed E-state index contributed by atoms with van der Waals surface area (Å²) in [6.45, 7) is 8.20. The number of hydrogen-bond donors (Lipinski definition) is 0. The normalized spacial score (nSPS) is 11.8. The number of benzene rings is 1. The molecule has 0 bridgehead atoms. The van der Waals surface area contributed by atoms with Gasteiger partial charge in [0.05, 0.1) is 4.90 Å². The van der Waals surface area contributed by atoms with E-state index >= 15 is 0 Å². The van der Waals surface area contributed by atoms with Crippen LogP contribution < -0.4 is 0 Å². The Morgan fingerprint density at radius 1 is 1.38 bits per heavy atom. The Bertz CT molecular complexity index is 644. The number of aryl methyl sites for hydroxylation is 1. The van der Waals surface area contributed by atoms with Crippen LogP contribution in [0.15, 0.2) is 21.5 Å². The Hall–Kier alpha value is -0.590. The molecule has 0 atom stereocenters. The maximum atomic E-state index is 12.6. The highest BCUT2D eigenvalue weighted by Crippen LogP contribution is 2.30. The van der Waals surface area contributed by atoms with Crippen molar-refractivity contribution in [1.82, 2.24) is 4.90 Å². The molecule has 0 N–H and O–H groups in total. The molecular formula is C14H19BrClNO3S. The fourth-order valence-electron chi connectivity index (χ4n) is 2.04. The minimum atomic E-state index is -3.92. The monoisotopic (exact) mass is 395 g/mol. The number of amides is 1. The molecule has 118 valence electrons. The molecule has 1 aromatic carbocycles. The quantitative estimate of drug-likeness (QED) is 0.708. The molecule has 1 amide bonds. The summed E-state index contributed by atoms with van der Waals surface area (Å²) in [5.41, 5.74) is 0.984. The van der Waals surface area contributed by atoms with Crippen LogP contribution in [0.4, 0.5) is 0 Å². The van der Waals surface area contributed by atoms with Gasteiger partial charge < -0.3 is 4.90 Å². The summed E-state index contributed by atoms with van der Waals surface area (Å²) in [5.74, 6) is -0.191. The van der Waals surface area contributed by atoms with Crippen molar-refractivity contribution < 1.29 is 13.2 Å². The van der Waals surface area contributed by atoms with Gasteiger partial charge in [0.2, 0.25) is 0 Å². The standard InChI is InChI=1S/C14H19BrClNO3S/c1-5-6-17(9(2)3)14(18)11-7-10(4)13(15)12(8-11)21(16,19)20/h7-9H,5-6H2,1-4H3. The van der Waals surface area contributed by atoms with Gasteiger partial charge in [-0.1, -0.05) is 6.92 Å². The SMILES string of the molecule is CCCN(C(=O)c1cc(C)c(Br)c(S(=O)(=O)Cl)c1)C(C)C. The van der Waals surface area contributed by atoms with Gasteiger partial charge in [-0.05, 0) is 60.8 Å². The molecule has 0 unspecified atom stereocenters. The average Bonchev–Trinajstić information content (AvgIpc) is 2.36. The molecule has 0 aliphatic heterocycles. The Morgan fingerprint density at radius 3 is 2.38 bits per heavy atom. The first kappa shape index (κ1) is 18.5. The van der Waals surface area contributed by atoms with Crippen LogP contribution in [0.3, 0.4) is 0 Å².